The highest BCUT2D eigenvalue weighted by atomic mass is 32.2. The lowest BCUT2D eigenvalue weighted by molar-refractivity contribution is 0.0998. The lowest BCUT2D eigenvalue weighted by Gasteiger charge is -2.10. The van der Waals surface area contributed by atoms with E-state index in [4.69, 9.17) is 15.2 Å². The molecule has 5 aromatic heterocycles. The molecule has 1 amide bonds. The summed E-state index contributed by atoms with van der Waals surface area (Å²) in [6, 6.07) is 28.6. The van der Waals surface area contributed by atoms with Gasteiger partial charge in [0.2, 0.25) is 4.80 Å². The predicted molar refractivity (Wildman–Crippen MR) is 176 cm³/mol. The molecule has 0 radical (unpaired) electrons. The number of aromatic nitrogens is 10. The normalized spacial score (nSPS) is 12.0. The minimum Gasteiger partial charge on any atom is -0.327 e. The first kappa shape index (κ1) is 27.8. The molecule has 0 unspecified atom stereocenters. The van der Waals surface area contributed by atoms with Crippen molar-refractivity contribution in [2.75, 3.05) is 6.26 Å². The van der Waals surface area contributed by atoms with Gasteiger partial charge < -0.3 is 4.57 Å². The number of benzene rings is 3. The average molecular weight is 642 g/mol. The van der Waals surface area contributed by atoms with Crippen LogP contribution in [0, 0.1) is 0 Å². The zero-order valence-electron chi connectivity index (χ0n) is 24.5. The number of imidazole rings is 1. The highest BCUT2D eigenvalue weighted by Gasteiger charge is 2.28. The Kier molecular flexibility index (Phi) is 6.84. The van der Waals surface area contributed by atoms with Crippen LogP contribution in [-0.2, 0) is 7.05 Å². The second-order valence-corrected chi connectivity index (χ2v) is 11.9. The number of carbonyl (C=O) groups excluding carboxylic acids is 1. The predicted octanol–water partition coefficient (Wildman–Crippen LogP) is 5.24. The largest absolute Gasteiger partial charge is 0.327 e. The molecule has 46 heavy (non-hydrogen) atoms. The minimum absolute atomic E-state index is 0.346. The van der Waals surface area contributed by atoms with Crippen molar-refractivity contribution in [3.63, 3.8) is 0 Å². The fourth-order valence-corrected chi connectivity index (χ4v) is 6.72. The second-order valence-electron chi connectivity index (χ2n) is 10.1. The van der Waals surface area contributed by atoms with Gasteiger partial charge in [-0.1, -0.05) is 59.9 Å². The van der Waals surface area contributed by atoms with E-state index < -0.39 is 5.91 Å². The maximum atomic E-state index is 13.6. The Labute approximate surface area is 269 Å². The zero-order valence-corrected chi connectivity index (χ0v) is 26.1. The second kappa shape index (κ2) is 11.3. The van der Waals surface area contributed by atoms with Gasteiger partial charge in [0, 0.05) is 18.8 Å². The Balaban J connectivity index is 1.47. The molecular formula is C32H23N11OS2. The first-order chi connectivity index (χ1) is 22.6. The smallest absolute Gasteiger partial charge is 0.279 e. The molecule has 0 atom stereocenters. The van der Waals surface area contributed by atoms with Gasteiger partial charge in [-0.15, -0.1) is 11.8 Å². The van der Waals surface area contributed by atoms with E-state index in [1.165, 1.54) is 29.4 Å². The van der Waals surface area contributed by atoms with Crippen LogP contribution in [0.4, 0.5) is 0 Å². The molecule has 14 heteroatoms. The van der Waals surface area contributed by atoms with Gasteiger partial charge in [-0.3, -0.25) is 4.79 Å². The van der Waals surface area contributed by atoms with E-state index in [0.29, 0.717) is 38.5 Å². The molecule has 8 aromatic rings. The van der Waals surface area contributed by atoms with E-state index in [-0.39, 0.29) is 0 Å². The third-order valence-corrected chi connectivity index (χ3v) is 9.02. The van der Waals surface area contributed by atoms with Gasteiger partial charge in [0.1, 0.15) is 22.9 Å². The van der Waals surface area contributed by atoms with Crippen LogP contribution >= 0.6 is 23.1 Å². The van der Waals surface area contributed by atoms with Crippen molar-refractivity contribution in [3.8, 4) is 33.6 Å². The van der Waals surface area contributed by atoms with Gasteiger partial charge in [-0.25, -0.2) is 14.6 Å². The summed E-state index contributed by atoms with van der Waals surface area (Å²) in [6.45, 7) is 0. The molecule has 0 N–H and O–H groups in total. The van der Waals surface area contributed by atoms with Crippen molar-refractivity contribution in [1.29, 1.82) is 0 Å². The fourth-order valence-electron chi connectivity index (χ4n) is 5.27. The molecule has 3 aromatic carbocycles. The molecule has 0 aliphatic carbocycles. The topological polar surface area (TPSA) is 126 Å². The molecule has 0 fully saturated rings. The van der Waals surface area contributed by atoms with Gasteiger partial charge in [-0.05, 0) is 48.7 Å². The number of aryl methyl sites for hydroxylation is 1. The summed E-state index contributed by atoms with van der Waals surface area (Å²) in [5, 5.41) is 15.8. The molecule has 0 aliphatic heterocycles. The Hall–Kier alpha value is -5.73. The number of nitrogens with zero attached hydrogens (tertiary/aromatic N) is 11. The molecule has 8 rings (SSSR count). The summed E-state index contributed by atoms with van der Waals surface area (Å²) in [5.41, 5.74) is 4.49. The Bertz CT molecular complexity index is 2450. The standard InChI is InChI=1S/C32H23N11OS2/c1-40-23-16-10-9-15-22(23)36-26(40)25-29(45-2)39-41(21-13-7-4-8-14-21)30(25)43-32(37-27(44)20-11-5-3-6-12-20)46-28(38-43)24-17-18-33-31-34-19-35-42(24)31/h3-19H,1-2H3. The van der Waals surface area contributed by atoms with Crippen molar-refractivity contribution in [1.82, 2.24) is 48.7 Å². The molecule has 0 saturated carbocycles. The van der Waals surface area contributed by atoms with Gasteiger partial charge in [-0.2, -0.15) is 34.5 Å². The van der Waals surface area contributed by atoms with Crippen LogP contribution in [0.25, 0.3) is 50.4 Å². The Morgan fingerprint density at radius 1 is 0.870 bits per heavy atom. The number of hydrogen-bond acceptors (Lipinski definition) is 9. The van der Waals surface area contributed by atoms with E-state index in [1.54, 1.807) is 27.5 Å². The fraction of sp³-hybridized carbons (Fsp3) is 0.0625. The maximum Gasteiger partial charge on any atom is 0.279 e. The van der Waals surface area contributed by atoms with E-state index in [1.807, 2.05) is 101 Å². The first-order valence-corrected chi connectivity index (χ1v) is 16.2. The third kappa shape index (κ3) is 4.62. The quantitative estimate of drug-likeness (QED) is 0.226. The molecule has 0 spiro atoms. The highest BCUT2D eigenvalue weighted by molar-refractivity contribution is 7.98. The highest BCUT2D eigenvalue weighted by Crippen LogP contribution is 2.37. The number of carbonyl (C=O) groups is 1. The minimum atomic E-state index is -0.398. The van der Waals surface area contributed by atoms with Crippen LogP contribution in [0.2, 0.25) is 0 Å². The SMILES string of the molecule is CSc1nn(-c2ccccc2)c(-n2nc(-c3ccnc4ncnn34)sc2=NC(=O)c2ccccc2)c1-c1nc2ccccc2n1C. The van der Waals surface area contributed by atoms with Gasteiger partial charge in [0.05, 0.1) is 22.3 Å². The van der Waals surface area contributed by atoms with Gasteiger partial charge >= 0.3 is 0 Å². The zero-order chi connectivity index (χ0) is 31.2. The Morgan fingerprint density at radius 2 is 1.63 bits per heavy atom. The van der Waals surface area contributed by atoms with Crippen LogP contribution < -0.4 is 4.80 Å². The van der Waals surface area contributed by atoms with E-state index >= 15 is 0 Å². The van der Waals surface area contributed by atoms with E-state index in [9.17, 15) is 4.79 Å². The molecule has 224 valence electrons. The molecule has 0 aliphatic rings. The summed E-state index contributed by atoms with van der Waals surface area (Å²) in [5.74, 6) is 1.32. The monoisotopic (exact) mass is 641 g/mol. The lowest BCUT2D eigenvalue weighted by atomic mass is 10.2. The molecular weight excluding hydrogens is 619 g/mol. The number of rotatable bonds is 6. The number of fused-ring (bicyclic) bond motifs is 2. The van der Waals surface area contributed by atoms with Crippen LogP contribution in [0.1, 0.15) is 10.4 Å². The van der Waals surface area contributed by atoms with Gasteiger partial charge in [0.25, 0.3) is 11.7 Å². The van der Waals surface area contributed by atoms with Crippen molar-refractivity contribution >= 4 is 45.8 Å². The number of amides is 1. The summed E-state index contributed by atoms with van der Waals surface area (Å²) in [4.78, 5) is 32.2. The van der Waals surface area contributed by atoms with Crippen molar-refractivity contribution < 1.29 is 4.79 Å². The lowest BCUT2D eigenvalue weighted by Crippen LogP contribution is -2.21. The van der Waals surface area contributed by atoms with Crippen molar-refractivity contribution in [2.24, 2.45) is 12.0 Å². The Morgan fingerprint density at radius 3 is 2.41 bits per heavy atom. The van der Waals surface area contributed by atoms with E-state index in [0.717, 1.165) is 27.3 Å². The summed E-state index contributed by atoms with van der Waals surface area (Å²) in [7, 11) is 1.98. The number of para-hydroxylation sites is 3. The third-order valence-electron chi connectivity index (χ3n) is 7.41. The summed E-state index contributed by atoms with van der Waals surface area (Å²) >= 11 is 2.76. The van der Waals surface area contributed by atoms with Crippen LogP contribution in [0.5, 0.6) is 0 Å². The first-order valence-electron chi connectivity index (χ1n) is 14.1. The summed E-state index contributed by atoms with van der Waals surface area (Å²) < 4.78 is 7.17. The van der Waals surface area contributed by atoms with Crippen LogP contribution in [-0.4, -0.2) is 60.9 Å². The van der Waals surface area contributed by atoms with Crippen LogP contribution in [0.15, 0.2) is 114 Å². The molecule has 0 saturated heterocycles. The van der Waals surface area contributed by atoms with Gasteiger partial charge in [0.15, 0.2) is 10.8 Å². The molecule has 0 bridgehead atoms. The van der Waals surface area contributed by atoms with Crippen molar-refractivity contribution in [3.05, 3.63) is 114 Å². The van der Waals surface area contributed by atoms with Crippen molar-refractivity contribution in [2.45, 2.75) is 5.03 Å². The maximum absolute atomic E-state index is 13.6. The molecule has 5 heterocycles. The number of thioether (sulfide) groups is 1. The summed E-state index contributed by atoms with van der Waals surface area (Å²) in [6.07, 6.45) is 5.08. The van der Waals surface area contributed by atoms with Crippen LogP contribution in [0.3, 0.4) is 0 Å². The molecule has 12 nitrogen and oxygen atoms in total. The van der Waals surface area contributed by atoms with E-state index in [2.05, 4.69) is 20.1 Å². The number of hydrogen-bond donors (Lipinski definition) is 0. The average Bonchev–Trinajstić information content (AvgIpc) is 3.89.